The van der Waals surface area contributed by atoms with Gasteiger partial charge in [-0.25, -0.2) is 4.39 Å². The minimum atomic E-state index is -0.380. The number of rotatable bonds is 5. The second-order valence-corrected chi connectivity index (χ2v) is 8.72. The van der Waals surface area contributed by atoms with E-state index in [0.29, 0.717) is 50.1 Å². The topological polar surface area (TPSA) is 82.8 Å². The van der Waals surface area contributed by atoms with Crippen molar-refractivity contribution in [2.75, 3.05) is 37.6 Å². The molecular formula is C25H26FN5O3. The quantitative estimate of drug-likeness (QED) is 0.579. The molecule has 1 atom stereocenters. The normalized spacial score (nSPS) is 19.4. The van der Waals surface area contributed by atoms with Crippen molar-refractivity contribution < 1.29 is 18.5 Å². The highest BCUT2D eigenvalue weighted by Gasteiger charge is 2.37. The molecule has 1 aromatic heterocycles. The summed E-state index contributed by atoms with van der Waals surface area (Å²) in [5, 5.41) is 4.11. The Bertz CT molecular complexity index is 1150. The van der Waals surface area contributed by atoms with Crippen molar-refractivity contribution in [2.24, 2.45) is 5.92 Å². The Morgan fingerprint density at radius 2 is 1.82 bits per heavy atom. The molecule has 9 heteroatoms. The predicted molar refractivity (Wildman–Crippen MR) is 123 cm³/mol. The van der Waals surface area contributed by atoms with Gasteiger partial charge < -0.3 is 14.3 Å². The van der Waals surface area contributed by atoms with Crippen LogP contribution < -0.4 is 4.90 Å². The predicted octanol–water partition coefficient (Wildman–Crippen LogP) is 2.96. The average Bonchev–Trinajstić information content (AvgIpc) is 3.41. The highest BCUT2D eigenvalue weighted by atomic mass is 19.1. The molecule has 5 rings (SSSR count). The van der Waals surface area contributed by atoms with Crippen molar-refractivity contribution in [1.29, 1.82) is 0 Å². The minimum Gasteiger partial charge on any atom is -0.341 e. The van der Waals surface area contributed by atoms with Crippen LogP contribution in [0.5, 0.6) is 0 Å². The molecule has 0 saturated carbocycles. The van der Waals surface area contributed by atoms with Crippen LogP contribution in [0.4, 0.5) is 10.1 Å². The van der Waals surface area contributed by atoms with Gasteiger partial charge in [0, 0.05) is 50.4 Å². The maximum absolute atomic E-state index is 13.2. The molecular weight excluding hydrogens is 437 g/mol. The fourth-order valence-corrected chi connectivity index (χ4v) is 4.57. The van der Waals surface area contributed by atoms with Crippen LogP contribution in [0.1, 0.15) is 18.7 Å². The van der Waals surface area contributed by atoms with Gasteiger partial charge >= 0.3 is 0 Å². The summed E-state index contributed by atoms with van der Waals surface area (Å²) in [5.74, 6) is 0.288. The molecule has 0 bridgehead atoms. The van der Waals surface area contributed by atoms with E-state index in [1.54, 1.807) is 17.0 Å². The number of nitrogens with zero attached hydrogens (tertiary/aromatic N) is 5. The molecule has 2 aliphatic rings. The molecule has 34 heavy (non-hydrogen) atoms. The lowest BCUT2D eigenvalue weighted by Crippen LogP contribution is -2.40. The average molecular weight is 464 g/mol. The maximum Gasteiger partial charge on any atom is 0.257 e. The molecule has 0 N–H and O–H groups in total. The number of amides is 2. The monoisotopic (exact) mass is 463 g/mol. The van der Waals surface area contributed by atoms with Gasteiger partial charge in [0.25, 0.3) is 5.89 Å². The highest BCUT2D eigenvalue weighted by molar-refractivity contribution is 6.00. The molecule has 2 aliphatic heterocycles. The van der Waals surface area contributed by atoms with E-state index in [9.17, 15) is 14.0 Å². The molecule has 176 valence electrons. The Morgan fingerprint density at radius 1 is 1.03 bits per heavy atom. The van der Waals surface area contributed by atoms with Crippen LogP contribution in [0.25, 0.3) is 11.5 Å². The summed E-state index contributed by atoms with van der Waals surface area (Å²) in [6.07, 6.45) is 1.01. The largest absolute Gasteiger partial charge is 0.341 e. The molecule has 0 radical (unpaired) electrons. The Kier molecular flexibility index (Phi) is 6.35. The third kappa shape index (κ3) is 4.84. The zero-order valence-electron chi connectivity index (χ0n) is 18.8. The first-order chi connectivity index (χ1) is 16.6. The molecule has 2 aromatic carbocycles. The second kappa shape index (κ2) is 9.72. The third-order valence-electron chi connectivity index (χ3n) is 6.37. The summed E-state index contributed by atoms with van der Waals surface area (Å²) in [7, 11) is 0. The van der Waals surface area contributed by atoms with E-state index < -0.39 is 0 Å². The van der Waals surface area contributed by atoms with Gasteiger partial charge in [0.05, 0.1) is 12.5 Å². The highest BCUT2D eigenvalue weighted by Crippen LogP contribution is 2.27. The Balaban J connectivity index is 1.16. The van der Waals surface area contributed by atoms with E-state index in [0.717, 1.165) is 18.5 Å². The molecule has 3 aromatic rings. The number of hydrogen-bond donors (Lipinski definition) is 0. The van der Waals surface area contributed by atoms with Gasteiger partial charge in [-0.15, -0.1) is 0 Å². The standard InChI is InChI=1S/C25H26FN5O3/c26-20-7-9-21(10-8-20)31-16-19(15-23(31)32)25(33)30-12-4-11-29(13-14-30)17-22-27-24(34-28-22)18-5-2-1-3-6-18/h1-3,5-10,19H,4,11-17H2. The molecule has 2 fully saturated rings. The molecule has 0 spiro atoms. The molecule has 2 saturated heterocycles. The summed E-state index contributed by atoms with van der Waals surface area (Å²) in [6.45, 7) is 3.64. The minimum absolute atomic E-state index is 0.00531. The van der Waals surface area contributed by atoms with E-state index >= 15 is 0 Å². The van der Waals surface area contributed by atoms with Crippen molar-refractivity contribution in [1.82, 2.24) is 19.9 Å². The fraction of sp³-hybridized carbons (Fsp3) is 0.360. The first-order valence-electron chi connectivity index (χ1n) is 11.5. The van der Waals surface area contributed by atoms with Crippen LogP contribution in [0.2, 0.25) is 0 Å². The molecule has 8 nitrogen and oxygen atoms in total. The van der Waals surface area contributed by atoms with E-state index in [1.807, 2.05) is 35.2 Å². The Labute approximate surface area is 197 Å². The van der Waals surface area contributed by atoms with Crippen LogP contribution in [0.3, 0.4) is 0 Å². The first kappa shape index (κ1) is 22.2. The van der Waals surface area contributed by atoms with Crippen LogP contribution >= 0.6 is 0 Å². The fourth-order valence-electron chi connectivity index (χ4n) is 4.57. The zero-order chi connectivity index (χ0) is 23.5. The summed E-state index contributed by atoms with van der Waals surface area (Å²) in [6, 6.07) is 15.5. The van der Waals surface area contributed by atoms with E-state index in [4.69, 9.17) is 4.52 Å². The summed E-state index contributed by atoms with van der Waals surface area (Å²) >= 11 is 0. The van der Waals surface area contributed by atoms with Crippen LogP contribution in [0, 0.1) is 11.7 Å². The first-order valence-corrected chi connectivity index (χ1v) is 11.5. The Hall–Kier alpha value is -3.59. The van der Waals surface area contributed by atoms with Gasteiger partial charge in [-0.1, -0.05) is 23.4 Å². The van der Waals surface area contributed by atoms with Gasteiger partial charge in [0.2, 0.25) is 11.8 Å². The number of aromatic nitrogens is 2. The van der Waals surface area contributed by atoms with E-state index in [1.165, 1.54) is 12.1 Å². The number of hydrogen-bond acceptors (Lipinski definition) is 6. The molecule has 1 unspecified atom stereocenters. The van der Waals surface area contributed by atoms with Gasteiger partial charge in [-0.2, -0.15) is 4.98 Å². The van der Waals surface area contributed by atoms with Crippen LogP contribution in [0.15, 0.2) is 59.1 Å². The third-order valence-corrected chi connectivity index (χ3v) is 6.37. The van der Waals surface area contributed by atoms with Gasteiger partial charge in [0.1, 0.15) is 5.82 Å². The van der Waals surface area contributed by atoms with Crippen LogP contribution in [-0.4, -0.2) is 64.5 Å². The number of carbonyl (C=O) groups is 2. The van der Waals surface area contributed by atoms with Gasteiger partial charge in [-0.05, 0) is 42.8 Å². The molecule has 0 aliphatic carbocycles. The summed E-state index contributed by atoms with van der Waals surface area (Å²) in [4.78, 5) is 35.9. The van der Waals surface area contributed by atoms with Gasteiger partial charge in [-0.3, -0.25) is 14.5 Å². The van der Waals surface area contributed by atoms with Crippen molar-refractivity contribution in [3.8, 4) is 11.5 Å². The van der Waals surface area contributed by atoms with Crippen molar-refractivity contribution >= 4 is 17.5 Å². The van der Waals surface area contributed by atoms with Crippen molar-refractivity contribution in [3.63, 3.8) is 0 Å². The summed E-state index contributed by atoms with van der Waals surface area (Å²) < 4.78 is 18.6. The van der Waals surface area contributed by atoms with Crippen molar-refractivity contribution in [2.45, 2.75) is 19.4 Å². The Morgan fingerprint density at radius 3 is 2.62 bits per heavy atom. The molecule has 3 heterocycles. The lowest BCUT2D eigenvalue weighted by molar-refractivity contribution is -0.135. The zero-order valence-corrected chi connectivity index (χ0v) is 18.8. The number of carbonyl (C=O) groups excluding carboxylic acids is 2. The molecule has 2 amide bonds. The summed E-state index contributed by atoms with van der Waals surface area (Å²) in [5.41, 5.74) is 1.51. The van der Waals surface area contributed by atoms with Crippen molar-refractivity contribution in [3.05, 3.63) is 66.2 Å². The SMILES string of the molecule is O=C(C1CC(=O)N(c2ccc(F)cc2)C1)N1CCCN(Cc2noc(-c3ccccc3)n2)CC1. The second-order valence-electron chi connectivity index (χ2n) is 8.72. The number of anilines is 1. The van der Waals surface area contributed by atoms with E-state index in [-0.39, 0.29) is 30.0 Å². The van der Waals surface area contributed by atoms with E-state index in [2.05, 4.69) is 15.0 Å². The lowest BCUT2D eigenvalue weighted by atomic mass is 10.1. The number of halogens is 1. The lowest BCUT2D eigenvalue weighted by Gasteiger charge is -2.24. The van der Waals surface area contributed by atoms with Gasteiger partial charge in [0.15, 0.2) is 5.82 Å². The maximum atomic E-state index is 13.2. The smallest absolute Gasteiger partial charge is 0.257 e. The number of benzene rings is 2. The van der Waals surface area contributed by atoms with Crippen LogP contribution in [-0.2, 0) is 16.1 Å².